The van der Waals surface area contributed by atoms with Crippen LogP contribution in [0.15, 0.2) is 59.4 Å². The molecule has 2 aromatic rings. The molecule has 0 unspecified atom stereocenters. The molecule has 3 heteroatoms. The van der Waals surface area contributed by atoms with E-state index >= 15 is 0 Å². The van der Waals surface area contributed by atoms with E-state index in [1.807, 2.05) is 53.2 Å². The van der Waals surface area contributed by atoms with Crippen molar-refractivity contribution in [2.45, 2.75) is 6.42 Å². The summed E-state index contributed by atoms with van der Waals surface area (Å²) in [4.78, 5) is 17.1. The molecule has 0 spiro atoms. The lowest BCUT2D eigenvalue weighted by Gasteiger charge is -2.14. The number of nitrogens with zero attached hydrogens (tertiary/aromatic N) is 2. The fraction of sp³-hybridized carbons (Fsp3) is 0.0667. The summed E-state index contributed by atoms with van der Waals surface area (Å²) < 4.78 is 1.95. The molecule has 2 aliphatic rings. The maximum atomic E-state index is 12.4. The Labute approximate surface area is 104 Å². The minimum absolute atomic E-state index is 0.0862. The summed E-state index contributed by atoms with van der Waals surface area (Å²) >= 11 is 0. The van der Waals surface area contributed by atoms with Crippen LogP contribution >= 0.6 is 0 Å². The number of hydrogen-bond acceptors (Lipinski definition) is 2. The molecule has 86 valence electrons. The van der Waals surface area contributed by atoms with Gasteiger partial charge in [0.2, 0.25) is 0 Å². The molecule has 0 aromatic carbocycles. The van der Waals surface area contributed by atoms with Crippen molar-refractivity contribution in [3.63, 3.8) is 0 Å². The van der Waals surface area contributed by atoms with Gasteiger partial charge in [-0.2, -0.15) is 0 Å². The zero-order valence-electron chi connectivity index (χ0n) is 9.63. The second-order valence-corrected chi connectivity index (χ2v) is 4.47. The van der Waals surface area contributed by atoms with Crippen LogP contribution in [0.4, 0.5) is 5.69 Å². The lowest BCUT2D eigenvalue weighted by Crippen LogP contribution is -2.16. The molecule has 3 heterocycles. The largest absolute Gasteiger partial charge is 0.321 e. The third kappa shape index (κ3) is 1.13. The van der Waals surface area contributed by atoms with E-state index in [0.29, 0.717) is 5.56 Å². The number of fused-ring (bicyclic) bond motifs is 4. The summed E-state index contributed by atoms with van der Waals surface area (Å²) in [5, 5.41) is 0. The maximum absolute atomic E-state index is 12.4. The average Bonchev–Trinajstić information content (AvgIpc) is 2.79. The van der Waals surface area contributed by atoms with Gasteiger partial charge in [-0.1, -0.05) is 18.2 Å². The second-order valence-electron chi connectivity index (χ2n) is 4.47. The fourth-order valence-electron chi connectivity index (χ4n) is 2.52. The highest BCUT2D eigenvalue weighted by Crippen LogP contribution is 2.35. The van der Waals surface area contributed by atoms with E-state index in [2.05, 4.69) is 4.99 Å². The number of rotatable bonds is 0. The number of pyridine rings is 1. The Bertz CT molecular complexity index is 775. The lowest BCUT2D eigenvalue weighted by molar-refractivity contribution is 0.104. The van der Waals surface area contributed by atoms with Crippen molar-refractivity contribution in [3.05, 3.63) is 60.0 Å². The van der Waals surface area contributed by atoms with E-state index in [1.54, 1.807) is 0 Å². The molecule has 0 saturated heterocycles. The van der Waals surface area contributed by atoms with Crippen LogP contribution < -0.4 is 0 Å². The van der Waals surface area contributed by atoms with Crippen molar-refractivity contribution < 1.29 is 4.79 Å². The average molecular weight is 234 g/mol. The van der Waals surface area contributed by atoms with E-state index in [0.717, 1.165) is 28.9 Å². The monoisotopic (exact) mass is 234 g/mol. The van der Waals surface area contributed by atoms with Gasteiger partial charge in [-0.15, -0.1) is 0 Å². The van der Waals surface area contributed by atoms with E-state index < -0.39 is 0 Å². The highest BCUT2D eigenvalue weighted by Gasteiger charge is 2.27. The van der Waals surface area contributed by atoms with Gasteiger partial charge in [-0.3, -0.25) is 4.79 Å². The van der Waals surface area contributed by atoms with Crippen molar-refractivity contribution >= 4 is 22.7 Å². The van der Waals surface area contributed by atoms with Crippen LogP contribution in [0.25, 0.3) is 5.52 Å². The molecule has 0 bridgehead atoms. The number of allylic oxidation sites excluding steroid dienone is 4. The lowest BCUT2D eigenvalue weighted by atomic mass is 9.93. The molecule has 0 fully saturated rings. The Morgan fingerprint density at radius 3 is 3.17 bits per heavy atom. The van der Waals surface area contributed by atoms with Crippen molar-refractivity contribution in [2.24, 2.45) is 4.99 Å². The molecular weight excluding hydrogens is 224 g/mol. The Morgan fingerprint density at radius 1 is 1.28 bits per heavy atom. The van der Waals surface area contributed by atoms with Gasteiger partial charge >= 0.3 is 0 Å². The molecule has 4 rings (SSSR count). The van der Waals surface area contributed by atoms with Crippen molar-refractivity contribution in [3.8, 4) is 0 Å². The van der Waals surface area contributed by atoms with Crippen LogP contribution in [0, 0.1) is 0 Å². The molecule has 0 amide bonds. The normalized spacial score (nSPS) is 17.2. The maximum Gasteiger partial charge on any atom is 0.198 e. The van der Waals surface area contributed by atoms with Gasteiger partial charge in [-0.05, 0) is 24.6 Å². The molecule has 2 aromatic heterocycles. The number of ketones is 1. The molecule has 18 heavy (non-hydrogen) atoms. The molecule has 0 saturated carbocycles. The summed E-state index contributed by atoms with van der Waals surface area (Å²) in [5.74, 6) is 0.0862. The minimum Gasteiger partial charge on any atom is -0.321 e. The van der Waals surface area contributed by atoms with Crippen LogP contribution in [0.5, 0.6) is 0 Å². The predicted molar refractivity (Wildman–Crippen MR) is 70.7 cm³/mol. The van der Waals surface area contributed by atoms with E-state index in [1.165, 1.54) is 0 Å². The molecule has 3 nitrogen and oxygen atoms in total. The highest BCUT2D eigenvalue weighted by molar-refractivity contribution is 6.36. The van der Waals surface area contributed by atoms with E-state index in [9.17, 15) is 4.79 Å². The molecule has 0 radical (unpaired) electrons. The van der Waals surface area contributed by atoms with Crippen LogP contribution in [-0.2, 0) is 0 Å². The first-order chi connectivity index (χ1) is 8.84. The Morgan fingerprint density at radius 2 is 2.22 bits per heavy atom. The molecular formula is C15H10N2O. The van der Waals surface area contributed by atoms with Gasteiger partial charge in [-0.25, -0.2) is 4.99 Å². The number of carbonyl (C=O) groups is 1. The number of hydrogen-bond donors (Lipinski definition) is 0. The molecule has 0 N–H and O–H groups in total. The van der Waals surface area contributed by atoms with Crippen LogP contribution in [-0.4, -0.2) is 15.9 Å². The SMILES string of the molecule is O=C1C2=CCC=CC2=Nc2c1cn1ccccc21. The topological polar surface area (TPSA) is 33.8 Å². The van der Waals surface area contributed by atoms with Crippen molar-refractivity contribution in [1.82, 2.24) is 4.40 Å². The number of aliphatic imine (C=N–C) groups is 1. The zero-order chi connectivity index (χ0) is 12.1. The second kappa shape index (κ2) is 3.29. The first kappa shape index (κ1) is 9.59. The Balaban J connectivity index is 2.09. The summed E-state index contributed by atoms with van der Waals surface area (Å²) in [5.41, 5.74) is 3.99. The Hall–Kier alpha value is -2.42. The third-order valence-corrected chi connectivity index (χ3v) is 3.39. The van der Waals surface area contributed by atoms with Gasteiger partial charge in [0, 0.05) is 18.0 Å². The first-order valence-corrected chi connectivity index (χ1v) is 5.95. The van der Waals surface area contributed by atoms with E-state index in [4.69, 9.17) is 0 Å². The molecule has 1 aliphatic heterocycles. The van der Waals surface area contributed by atoms with Crippen molar-refractivity contribution in [2.75, 3.05) is 0 Å². The van der Waals surface area contributed by atoms with Gasteiger partial charge in [0.1, 0.15) is 5.69 Å². The smallest absolute Gasteiger partial charge is 0.198 e. The van der Waals surface area contributed by atoms with Gasteiger partial charge in [0.15, 0.2) is 5.78 Å². The molecule has 0 atom stereocenters. The Kier molecular flexibility index (Phi) is 1.75. The minimum atomic E-state index is 0.0862. The summed E-state index contributed by atoms with van der Waals surface area (Å²) in [6.45, 7) is 0. The summed E-state index contributed by atoms with van der Waals surface area (Å²) in [6, 6.07) is 5.89. The first-order valence-electron chi connectivity index (χ1n) is 5.95. The highest BCUT2D eigenvalue weighted by atomic mass is 16.1. The third-order valence-electron chi connectivity index (χ3n) is 3.39. The standard InChI is InChI=1S/C15H10N2O/c18-15-10-5-1-2-6-12(10)16-14-11(15)9-17-8-4-3-7-13(14)17/h2-9H,1H2. The summed E-state index contributed by atoms with van der Waals surface area (Å²) in [6.07, 6.45) is 10.5. The number of aromatic nitrogens is 1. The zero-order valence-corrected chi connectivity index (χ0v) is 9.63. The van der Waals surface area contributed by atoms with Crippen LogP contribution in [0.3, 0.4) is 0 Å². The molecule has 1 aliphatic carbocycles. The number of carbonyl (C=O) groups excluding carboxylic acids is 1. The van der Waals surface area contributed by atoms with Gasteiger partial charge < -0.3 is 4.40 Å². The van der Waals surface area contributed by atoms with Gasteiger partial charge in [0.25, 0.3) is 0 Å². The number of Topliss-reactive ketones (excluding diaryl/α,β-unsaturated/α-hetero) is 1. The quantitative estimate of drug-likeness (QED) is 0.689. The fourth-order valence-corrected chi connectivity index (χ4v) is 2.52. The van der Waals surface area contributed by atoms with Crippen molar-refractivity contribution in [1.29, 1.82) is 0 Å². The van der Waals surface area contributed by atoms with Crippen LogP contribution in [0.2, 0.25) is 0 Å². The van der Waals surface area contributed by atoms with Crippen LogP contribution in [0.1, 0.15) is 16.8 Å². The predicted octanol–water partition coefficient (Wildman–Crippen LogP) is 3.09. The van der Waals surface area contributed by atoms with Gasteiger partial charge in [0.05, 0.1) is 16.8 Å². The summed E-state index contributed by atoms with van der Waals surface area (Å²) in [7, 11) is 0. The van der Waals surface area contributed by atoms with E-state index in [-0.39, 0.29) is 5.78 Å².